The number of hydrogen-bond acceptors (Lipinski definition) is 3. The van der Waals surface area contributed by atoms with Crippen LogP contribution in [-0.2, 0) is 17.9 Å². The quantitative estimate of drug-likeness (QED) is 0.864. The minimum absolute atomic E-state index is 0.448. The molecule has 3 rings (SSSR count). The number of fused-ring (bicyclic) bond motifs is 1. The van der Waals surface area contributed by atoms with E-state index < -0.39 is 0 Å². The molecule has 2 aromatic rings. The molecule has 1 aliphatic rings. The van der Waals surface area contributed by atoms with Gasteiger partial charge in [-0.1, -0.05) is 32.0 Å². The predicted molar refractivity (Wildman–Crippen MR) is 80.6 cm³/mol. The van der Waals surface area contributed by atoms with Gasteiger partial charge in [0.05, 0.1) is 19.3 Å². The predicted octanol–water partition coefficient (Wildman–Crippen LogP) is 4.00. The van der Waals surface area contributed by atoms with Gasteiger partial charge in [0.25, 0.3) is 0 Å². The molecule has 0 spiro atoms. The normalized spacial score (nSPS) is 15.9. The maximum Gasteiger partial charge on any atom is 0.134 e. The van der Waals surface area contributed by atoms with E-state index in [0.29, 0.717) is 18.8 Å². The molecule has 0 bridgehead atoms. The van der Waals surface area contributed by atoms with E-state index in [-0.39, 0.29) is 0 Å². The smallest absolute Gasteiger partial charge is 0.134 e. The largest absolute Gasteiger partial charge is 0.459 e. The van der Waals surface area contributed by atoms with E-state index >= 15 is 0 Å². The van der Waals surface area contributed by atoms with Crippen molar-refractivity contribution in [1.29, 1.82) is 0 Å². The van der Waals surface area contributed by atoms with Gasteiger partial charge in [-0.25, -0.2) is 0 Å². The summed E-state index contributed by atoms with van der Waals surface area (Å²) in [4.78, 5) is 0. The molecule has 1 aromatic carbocycles. The Bertz CT molecular complexity index is 569. The molecule has 3 heteroatoms. The highest BCUT2D eigenvalue weighted by Crippen LogP contribution is 2.29. The van der Waals surface area contributed by atoms with Crippen LogP contribution in [0.3, 0.4) is 0 Å². The second-order valence-corrected chi connectivity index (χ2v) is 5.90. The van der Waals surface area contributed by atoms with E-state index in [2.05, 4.69) is 31.3 Å². The summed E-state index contributed by atoms with van der Waals surface area (Å²) in [6.45, 7) is 5.72. The molecule has 3 nitrogen and oxygen atoms in total. The first kappa shape index (κ1) is 13.7. The first-order valence-corrected chi connectivity index (χ1v) is 7.58. The lowest BCUT2D eigenvalue weighted by Gasteiger charge is -2.25. The summed E-state index contributed by atoms with van der Waals surface area (Å²) in [6, 6.07) is 8.67. The highest BCUT2D eigenvalue weighted by atomic mass is 16.5. The number of para-hydroxylation sites is 1. The van der Waals surface area contributed by atoms with Crippen molar-refractivity contribution in [2.24, 2.45) is 0 Å². The zero-order valence-corrected chi connectivity index (χ0v) is 12.3. The van der Waals surface area contributed by atoms with Crippen molar-refractivity contribution in [3.8, 4) is 0 Å². The summed E-state index contributed by atoms with van der Waals surface area (Å²) < 4.78 is 12.0. The van der Waals surface area contributed by atoms with Crippen molar-refractivity contribution < 1.29 is 9.15 Å². The fourth-order valence-electron chi connectivity index (χ4n) is 2.49. The van der Waals surface area contributed by atoms with Crippen molar-refractivity contribution >= 4 is 11.0 Å². The molecule has 1 aromatic heterocycles. The van der Waals surface area contributed by atoms with Gasteiger partial charge in [-0.05, 0) is 25.3 Å². The van der Waals surface area contributed by atoms with Crippen LogP contribution in [0.4, 0.5) is 0 Å². The van der Waals surface area contributed by atoms with E-state index in [9.17, 15) is 0 Å². The lowest BCUT2D eigenvalue weighted by atomic mass is 9.96. The van der Waals surface area contributed by atoms with Crippen LogP contribution >= 0.6 is 0 Å². The third-order valence-corrected chi connectivity index (χ3v) is 3.97. The Hall–Kier alpha value is -1.32. The second-order valence-electron chi connectivity index (χ2n) is 5.90. The van der Waals surface area contributed by atoms with Gasteiger partial charge in [0, 0.05) is 17.0 Å². The van der Waals surface area contributed by atoms with Crippen LogP contribution in [0.1, 0.15) is 44.4 Å². The van der Waals surface area contributed by atoms with E-state index in [1.165, 1.54) is 30.2 Å². The monoisotopic (exact) mass is 273 g/mol. The van der Waals surface area contributed by atoms with E-state index in [1.54, 1.807) is 0 Å². The molecule has 0 radical (unpaired) electrons. The van der Waals surface area contributed by atoms with Gasteiger partial charge >= 0.3 is 0 Å². The fourth-order valence-corrected chi connectivity index (χ4v) is 2.49. The number of ether oxygens (including phenoxy) is 1. The van der Waals surface area contributed by atoms with Gasteiger partial charge in [0.15, 0.2) is 0 Å². The van der Waals surface area contributed by atoms with E-state index in [1.807, 2.05) is 12.1 Å². The molecule has 0 amide bonds. The Labute approximate surface area is 120 Å². The molecule has 1 heterocycles. The molecule has 0 saturated heterocycles. The topological polar surface area (TPSA) is 34.4 Å². The third-order valence-electron chi connectivity index (χ3n) is 3.97. The number of benzene rings is 1. The van der Waals surface area contributed by atoms with E-state index in [4.69, 9.17) is 9.15 Å². The minimum atomic E-state index is 0.448. The van der Waals surface area contributed by atoms with Crippen LogP contribution in [0.2, 0.25) is 0 Å². The number of nitrogens with one attached hydrogen (secondary N) is 1. The molecule has 0 aliphatic heterocycles. The summed E-state index contributed by atoms with van der Waals surface area (Å²) in [5.41, 5.74) is 2.17. The minimum Gasteiger partial charge on any atom is -0.459 e. The van der Waals surface area contributed by atoms with Gasteiger partial charge in [-0.2, -0.15) is 0 Å². The average Bonchev–Trinajstić information content (AvgIpc) is 2.73. The molecule has 20 heavy (non-hydrogen) atoms. The summed E-state index contributed by atoms with van der Waals surface area (Å²) in [7, 11) is 0. The third kappa shape index (κ3) is 2.89. The first-order chi connectivity index (χ1) is 9.74. The second kappa shape index (κ2) is 5.98. The molecule has 1 aliphatic carbocycles. The summed E-state index contributed by atoms with van der Waals surface area (Å²) >= 11 is 0. The standard InChI is InChI=1S/C17H23NO2/c1-12(2)18-10-17-15(11-19-13-6-5-7-13)14-8-3-4-9-16(14)20-17/h3-4,8-9,12-13,18H,5-7,10-11H2,1-2H3. The van der Waals surface area contributed by atoms with Crippen LogP contribution < -0.4 is 5.32 Å². The van der Waals surface area contributed by atoms with Crippen molar-refractivity contribution in [1.82, 2.24) is 5.32 Å². The molecule has 0 atom stereocenters. The van der Waals surface area contributed by atoms with Gasteiger partial charge < -0.3 is 14.5 Å². The molecule has 1 N–H and O–H groups in total. The Morgan fingerprint density at radius 3 is 2.80 bits per heavy atom. The average molecular weight is 273 g/mol. The highest BCUT2D eigenvalue weighted by Gasteiger charge is 2.20. The number of hydrogen-bond donors (Lipinski definition) is 1. The number of rotatable bonds is 6. The lowest BCUT2D eigenvalue weighted by molar-refractivity contribution is -0.00882. The van der Waals surface area contributed by atoms with Crippen LogP contribution in [0.15, 0.2) is 28.7 Å². The maximum absolute atomic E-state index is 5.99. The van der Waals surface area contributed by atoms with E-state index in [0.717, 1.165) is 17.9 Å². The fraction of sp³-hybridized carbons (Fsp3) is 0.529. The molecule has 0 unspecified atom stereocenters. The SMILES string of the molecule is CC(C)NCc1oc2ccccc2c1COC1CCC1. The molecule has 1 fully saturated rings. The van der Waals surface area contributed by atoms with Gasteiger partial charge in [-0.15, -0.1) is 0 Å². The van der Waals surface area contributed by atoms with Gasteiger partial charge in [0.2, 0.25) is 0 Å². The summed E-state index contributed by atoms with van der Waals surface area (Å²) in [5.74, 6) is 1.01. The van der Waals surface area contributed by atoms with Crippen LogP contribution in [0.5, 0.6) is 0 Å². The van der Waals surface area contributed by atoms with Crippen molar-refractivity contribution in [2.45, 2.75) is 58.4 Å². The Balaban J connectivity index is 1.82. The van der Waals surface area contributed by atoms with Crippen molar-refractivity contribution in [2.75, 3.05) is 0 Å². The zero-order valence-electron chi connectivity index (χ0n) is 12.3. The lowest BCUT2D eigenvalue weighted by Crippen LogP contribution is -2.23. The molecular formula is C17H23NO2. The van der Waals surface area contributed by atoms with Gasteiger partial charge in [0.1, 0.15) is 11.3 Å². The molecular weight excluding hydrogens is 250 g/mol. The summed E-state index contributed by atoms with van der Waals surface area (Å²) in [5, 5.41) is 4.62. The number of furan rings is 1. The Morgan fingerprint density at radius 1 is 1.30 bits per heavy atom. The summed E-state index contributed by atoms with van der Waals surface area (Å²) in [6.07, 6.45) is 4.16. The van der Waals surface area contributed by atoms with Crippen molar-refractivity contribution in [3.05, 3.63) is 35.6 Å². The zero-order chi connectivity index (χ0) is 13.9. The highest BCUT2D eigenvalue weighted by molar-refractivity contribution is 5.82. The molecule has 108 valence electrons. The Kier molecular flexibility index (Phi) is 4.08. The van der Waals surface area contributed by atoms with Crippen molar-refractivity contribution in [3.63, 3.8) is 0 Å². The van der Waals surface area contributed by atoms with Crippen LogP contribution in [0, 0.1) is 0 Å². The van der Waals surface area contributed by atoms with Crippen LogP contribution in [-0.4, -0.2) is 12.1 Å². The van der Waals surface area contributed by atoms with Crippen LogP contribution in [0.25, 0.3) is 11.0 Å². The van der Waals surface area contributed by atoms with Gasteiger partial charge in [-0.3, -0.25) is 0 Å². The maximum atomic E-state index is 5.99. The molecule has 1 saturated carbocycles. The first-order valence-electron chi connectivity index (χ1n) is 7.58. The Morgan fingerprint density at radius 2 is 2.10 bits per heavy atom.